The molecule has 0 radical (unpaired) electrons. The Hall–Kier alpha value is -1.39. The summed E-state index contributed by atoms with van der Waals surface area (Å²) in [5.74, 6) is 0. The van der Waals surface area contributed by atoms with Crippen LogP contribution in [0.3, 0.4) is 0 Å². The molecule has 16 heavy (non-hydrogen) atoms. The van der Waals surface area contributed by atoms with E-state index in [1.807, 2.05) is 30.3 Å². The van der Waals surface area contributed by atoms with Gasteiger partial charge in [0.25, 0.3) is 5.56 Å². The summed E-state index contributed by atoms with van der Waals surface area (Å²) in [6.07, 6.45) is 1.75. The second-order valence-electron chi connectivity index (χ2n) is 3.40. The molecule has 0 saturated heterocycles. The molecule has 82 valence electrons. The SMILES string of the molecule is NCc1cc(Br)cn(-c2ccccc2)c1=O. The van der Waals surface area contributed by atoms with E-state index in [1.165, 1.54) is 0 Å². The van der Waals surface area contributed by atoms with E-state index >= 15 is 0 Å². The minimum absolute atomic E-state index is 0.0723. The average molecular weight is 279 g/mol. The molecule has 4 heteroatoms. The van der Waals surface area contributed by atoms with Crippen LogP contribution in [-0.4, -0.2) is 4.57 Å². The molecule has 0 saturated carbocycles. The van der Waals surface area contributed by atoms with Gasteiger partial charge in [0.1, 0.15) is 0 Å². The van der Waals surface area contributed by atoms with Crippen molar-refractivity contribution in [2.75, 3.05) is 0 Å². The molecular weight excluding hydrogens is 268 g/mol. The van der Waals surface area contributed by atoms with Gasteiger partial charge in [-0.15, -0.1) is 0 Å². The minimum Gasteiger partial charge on any atom is -0.326 e. The van der Waals surface area contributed by atoms with E-state index in [1.54, 1.807) is 16.8 Å². The van der Waals surface area contributed by atoms with Crippen LogP contribution in [0, 0.1) is 0 Å². The van der Waals surface area contributed by atoms with E-state index < -0.39 is 0 Å². The van der Waals surface area contributed by atoms with Crippen LogP contribution < -0.4 is 11.3 Å². The largest absolute Gasteiger partial charge is 0.326 e. The molecule has 0 amide bonds. The summed E-state index contributed by atoms with van der Waals surface area (Å²) in [5, 5.41) is 0. The molecule has 1 aromatic heterocycles. The van der Waals surface area contributed by atoms with Crippen molar-refractivity contribution in [3.63, 3.8) is 0 Å². The van der Waals surface area contributed by atoms with Crippen molar-refractivity contribution >= 4 is 15.9 Å². The predicted octanol–water partition coefficient (Wildman–Crippen LogP) is 2.06. The number of hydrogen-bond donors (Lipinski definition) is 1. The Bertz CT molecular complexity index is 549. The van der Waals surface area contributed by atoms with Crippen LogP contribution in [0.5, 0.6) is 0 Å². The van der Waals surface area contributed by atoms with Crippen molar-refractivity contribution in [1.29, 1.82) is 0 Å². The van der Waals surface area contributed by atoms with Gasteiger partial charge in [-0.05, 0) is 34.1 Å². The number of benzene rings is 1. The van der Waals surface area contributed by atoms with Gasteiger partial charge in [0.2, 0.25) is 0 Å². The van der Waals surface area contributed by atoms with Crippen LogP contribution in [0.2, 0.25) is 0 Å². The molecular formula is C12H11BrN2O. The van der Waals surface area contributed by atoms with Gasteiger partial charge >= 0.3 is 0 Å². The fraction of sp³-hybridized carbons (Fsp3) is 0.0833. The van der Waals surface area contributed by atoms with Gasteiger partial charge in [-0.25, -0.2) is 0 Å². The molecule has 0 bridgehead atoms. The van der Waals surface area contributed by atoms with E-state index in [-0.39, 0.29) is 12.1 Å². The van der Waals surface area contributed by atoms with Gasteiger partial charge in [0, 0.05) is 28.5 Å². The van der Waals surface area contributed by atoms with Gasteiger partial charge in [-0.2, -0.15) is 0 Å². The lowest BCUT2D eigenvalue weighted by Gasteiger charge is -2.08. The number of pyridine rings is 1. The van der Waals surface area contributed by atoms with Crippen LogP contribution in [0.1, 0.15) is 5.56 Å². The summed E-state index contributed by atoms with van der Waals surface area (Å²) in [6.45, 7) is 0.241. The summed E-state index contributed by atoms with van der Waals surface area (Å²) in [7, 11) is 0. The molecule has 1 aromatic carbocycles. The zero-order valence-corrected chi connectivity index (χ0v) is 10.1. The van der Waals surface area contributed by atoms with Gasteiger partial charge in [0.15, 0.2) is 0 Å². The van der Waals surface area contributed by atoms with Crippen molar-refractivity contribution in [3.05, 3.63) is 63.0 Å². The molecule has 0 aliphatic heterocycles. The Kier molecular flexibility index (Phi) is 3.22. The third-order valence-electron chi connectivity index (χ3n) is 2.31. The van der Waals surface area contributed by atoms with Crippen molar-refractivity contribution < 1.29 is 0 Å². The standard InChI is InChI=1S/C12H11BrN2O/c13-10-6-9(7-14)12(16)15(8-10)11-4-2-1-3-5-11/h1-6,8H,7,14H2. The highest BCUT2D eigenvalue weighted by Gasteiger charge is 2.05. The highest BCUT2D eigenvalue weighted by molar-refractivity contribution is 9.10. The topological polar surface area (TPSA) is 48.0 Å². The Morgan fingerprint density at radius 1 is 1.25 bits per heavy atom. The highest BCUT2D eigenvalue weighted by atomic mass is 79.9. The zero-order chi connectivity index (χ0) is 11.5. The average Bonchev–Trinajstić information content (AvgIpc) is 2.33. The third kappa shape index (κ3) is 2.08. The Morgan fingerprint density at radius 2 is 1.94 bits per heavy atom. The van der Waals surface area contributed by atoms with Gasteiger partial charge in [-0.1, -0.05) is 18.2 Å². The second-order valence-corrected chi connectivity index (χ2v) is 4.31. The van der Waals surface area contributed by atoms with Crippen molar-refractivity contribution in [3.8, 4) is 5.69 Å². The number of para-hydroxylation sites is 1. The van der Waals surface area contributed by atoms with Crippen LogP contribution in [0.25, 0.3) is 5.69 Å². The lowest BCUT2D eigenvalue weighted by molar-refractivity contribution is 0.919. The minimum atomic E-state index is -0.0723. The molecule has 1 heterocycles. The molecule has 0 aliphatic carbocycles. The van der Waals surface area contributed by atoms with Crippen LogP contribution in [0.4, 0.5) is 0 Å². The van der Waals surface area contributed by atoms with Crippen LogP contribution in [0.15, 0.2) is 51.9 Å². The Morgan fingerprint density at radius 3 is 2.56 bits per heavy atom. The van der Waals surface area contributed by atoms with E-state index in [0.29, 0.717) is 5.56 Å². The number of nitrogens with zero attached hydrogens (tertiary/aromatic N) is 1. The monoisotopic (exact) mass is 278 g/mol. The first-order chi connectivity index (χ1) is 7.72. The fourth-order valence-corrected chi connectivity index (χ4v) is 2.01. The number of nitrogens with two attached hydrogens (primary N) is 1. The Balaban J connectivity index is 2.66. The normalized spacial score (nSPS) is 10.4. The van der Waals surface area contributed by atoms with Gasteiger partial charge in [0.05, 0.1) is 0 Å². The predicted molar refractivity (Wildman–Crippen MR) is 67.6 cm³/mol. The fourth-order valence-electron chi connectivity index (χ4n) is 1.53. The molecule has 0 atom stereocenters. The molecule has 0 aliphatic rings. The summed E-state index contributed by atoms with van der Waals surface area (Å²) in [5.41, 5.74) is 6.89. The van der Waals surface area contributed by atoms with E-state index in [4.69, 9.17) is 5.73 Å². The first-order valence-corrected chi connectivity index (χ1v) is 5.68. The second kappa shape index (κ2) is 4.63. The summed E-state index contributed by atoms with van der Waals surface area (Å²) in [4.78, 5) is 12.0. The first-order valence-electron chi connectivity index (χ1n) is 4.89. The number of aromatic nitrogens is 1. The molecule has 2 aromatic rings. The number of halogens is 1. The smallest absolute Gasteiger partial charge is 0.259 e. The number of hydrogen-bond acceptors (Lipinski definition) is 2. The molecule has 0 fully saturated rings. The quantitative estimate of drug-likeness (QED) is 0.914. The van der Waals surface area contributed by atoms with Crippen LogP contribution in [-0.2, 0) is 6.54 Å². The van der Waals surface area contributed by atoms with Gasteiger partial charge < -0.3 is 5.73 Å². The van der Waals surface area contributed by atoms with Crippen molar-refractivity contribution in [2.45, 2.75) is 6.54 Å². The maximum Gasteiger partial charge on any atom is 0.259 e. The molecule has 2 N–H and O–H groups in total. The van der Waals surface area contributed by atoms with Crippen molar-refractivity contribution in [1.82, 2.24) is 4.57 Å². The van der Waals surface area contributed by atoms with E-state index in [2.05, 4.69) is 15.9 Å². The molecule has 0 spiro atoms. The lowest BCUT2D eigenvalue weighted by atomic mass is 10.2. The summed E-state index contributed by atoms with van der Waals surface area (Å²) >= 11 is 3.37. The van der Waals surface area contributed by atoms with Gasteiger partial charge in [-0.3, -0.25) is 9.36 Å². The highest BCUT2D eigenvalue weighted by Crippen LogP contribution is 2.12. The summed E-state index contributed by atoms with van der Waals surface area (Å²) in [6, 6.07) is 11.2. The maximum absolute atomic E-state index is 12.0. The lowest BCUT2D eigenvalue weighted by Crippen LogP contribution is -2.23. The van der Waals surface area contributed by atoms with Crippen molar-refractivity contribution in [2.24, 2.45) is 5.73 Å². The van der Waals surface area contributed by atoms with E-state index in [9.17, 15) is 4.79 Å². The zero-order valence-electron chi connectivity index (χ0n) is 8.56. The molecule has 2 rings (SSSR count). The first kappa shape index (κ1) is 11.1. The third-order valence-corrected chi connectivity index (χ3v) is 2.75. The molecule has 3 nitrogen and oxygen atoms in total. The number of rotatable bonds is 2. The van der Waals surface area contributed by atoms with E-state index in [0.717, 1.165) is 10.2 Å². The van der Waals surface area contributed by atoms with Crippen LogP contribution >= 0.6 is 15.9 Å². The maximum atomic E-state index is 12.0. The summed E-state index contributed by atoms with van der Waals surface area (Å²) < 4.78 is 2.43. The molecule has 0 unspecified atom stereocenters. The Labute approximate surface area is 102 Å².